The van der Waals surface area contributed by atoms with Crippen molar-refractivity contribution in [2.45, 2.75) is 233 Å². The minimum atomic E-state index is -2.53. The van der Waals surface area contributed by atoms with Gasteiger partial charge in [-0.25, -0.2) is 9.59 Å². The van der Waals surface area contributed by atoms with Crippen molar-refractivity contribution in [3.05, 3.63) is 11.6 Å². The van der Waals surface area contributed by atoms with Gasteiger partial charge in [-0.2, -0.15) is 0 Å². The number of carbonyl (C=O) groups excluding carboxylic acids is 5. The number of hydrogen-bond acceptors (Lipinski definition) is 17. The number of fused-ring (bicyclic) bond motifs is 7. The van der Waals surface area contributed by atoms with E-state index in [9.17, 15) is 74.4 Å². The molecule has 21 atom stereocenters. The fourth-order valence-electron chi connectivity index (χ4n) is 16.0. The second-order valence-electron chi connectivity index (χ2n) is 28.1. The Kier molecular flexibility index (Phi) is 19.0. The maximum atomic E-state index is 15.2. The van der Waals surface area contributed by atoms with Crippen LogP contribution in [0, 0.1) is 62.1 Å². The van der Waals surface area contributed by atoms with Gasteiger partial charge in [-0.1, -0.05) is 74.8 Å². The van der Waals surface area contributed by atoms with Crippen molar-refractivity contribution in [1.82, 2.24) is 21.3 Å². The highest BCUT2D eigenvalue weighted by Crippen LogP contribution is 2.75. The molecule has 2 saturated heterocycles. The van der Waals surface area contributed by atoms with Crippen LogP contribution in [0.2, 0.25) is 0 Å². The Hall–Kier alpha value is -4.66. The van der Waals surface area contributed by atoms with Gasteiger partial charge >= 0.3 is 17.9 Å². The fraction of sp³-hybridized carbons (Fsp3) is 0.831. The van der Waals surface area contributed by atoms with E-state index in [-0.39, 0.29) is 54.1 Å². The van der Waals surface area contributed by atoms with Crippen molar-refractivity contribution in [2.24, 2.45) is 62.1 Å². The normalized spacial score (nSPS) is 41.8. The highest BCUT2D eigenvalue weighted by molar-refractivity contribution is 5.96. The van der Waals surface area contributed by atoms with E-state index in [1.54, 1.807) is 27.7 Å². The molecule has 4 amide bonds. The molecule has 0 aromatic rings. The van der Waals surface area contributed by atoms with Gasteiger partial charge in [-0.3, -0.25) is 28.8 Å². The Morgan fingerprint density at radius 1 is 0.675 bits per heavy atom. The van der Waals surface area contributed by atoms with Crippen molar-refractivity contribution in [3.63, 3.8) is 0 Å². The standard InChI is InChI=1S/C59H92N4O20/c1-27(2)21-31(47(73)74)62-36(65)25-60-46(72)42-38(67)39(68)43(82-49-41(70)40(69)45(71)59(12,83-49)51(77)61-26-37(66)63-32(48(75)76)22-28(3)4)50(81-42)80-35-14-15-56(9)34(53(35,5)6)13-16-58(11)44(56)33(64)23-29-30-24-55(8,52(78)79)18-17-54(30,7)19-20-57(29,58)10/h23,27-28,30-32,34-35,38-45,49-50,67-71H,13-22,24-26H2,1-12H3,(H,60,72)(H,61,77)(H,62,65)(H,63,66)(H,73,74)(H,75,76)(H,78,79)/t30?,31-,32-,34?,35?,38-,39-,40+,41+,42-,43+,44?,45-,49+,50+,54+,55-,56-,57+,58+,59-/m0/s1. The van der Waals surface area contributed by atoms with Crippen LogP contribution < -0.4 is 21.3 Å². The van der Waals surface area contributed by atoms with Crippen molar-refractivity contribution >= 4 is 47.3 Å². The molecule has 24 heteroatoms. The van der Waals surface area contributed by atoms with Crippen LogP contribution in [0.5, 0.6) is 0 Å². The van der Waals surface area contributed by atoms with Gasteiger partial charge < -0.3 is 81.1 Å². The molecule has 0 aromatic carbocycles. The molecule has 4 saturated carbocycles. The van der Waals surface area contributed by atoms with E-state index in [2.05, 4.69) is 49.0 Å². The zero-order chi connectivity index (χ0) is 62.1. The molecule has 5 aliphatic carbocycles. The number of aliphatic hydroxyl groups is 5. The zero-order valence-electron chi connectivity index (χ0n) is 50.1. The number of aliphatic hydroxyl groups excluding tert-OH is 5. The molecule has 24 nitrogen and oxygen atoms in total. The number of carboxylic acids is 3. The van der Waals surface area contributed by atoms with Gasteiger partial charge in [0.2, 0.25) is 11.8 Å². The number of aliphatic carboxylic acids is 3. The molecule has 0 bridgehead atoms. The first-order valence-electron chi connectivity index (χ1n) is 29.5. The van der Waals surface area contributed by atoms with Gasteiger partial charge in [-0.15, -0.1) is 0 Å². The Labute approximate surface area is 484 Å². The summed E-state index contributed by atoms with van der Waals surface area (Å²) < 4.78 is 25.2. The summed E-state index contributed by atoms with van der Waals surface area (Å²) in [6.45, 7) is 21.1. The molecule has 2 heterocycles. The molecule has 7 aliphatic rings. The monoisotopic (exact) mass is 1180 g/mol. The quantitative estimate of drug-likeness (QED) is 0.0822. The summed E-state index contributed by atoms with van der Waals surface area (Å²) in [5, 5.41) is 96.6. The molecule has 83 heavy (non-hydrogen) atoms. The maximum absolute atomic E-state index is 15.2. The summed E-state index contributed by atoms with van der Waals surface area (Å²) in [6, 6.07) is -2.58. The second kappa shape index (κ2) is 23.9. The van der Waals surface area contributed by atoms with Crippen molar-refractivity contribution in [3.8, 4) is 0 Å². The SMILES string of the molecule is CC(C)C[C@H](NC(=O)CNC(=O)[C@H]1O[C@@H](OC2CC[C@@]3(C)C(CC[C@]4(C)C3C(=O)C=C3C5C[C@@](C)(C(=O)O)CC[C@]5(C)CC[C@]34C)C2(C)C)[C@H](O[C@@H]2O[C@](C)(C(=O)NCC(=O)N[C@@H](CC(C)C)C(=O)O)[C@@H](O)[C@H](O)[C@H]2O)[C@@H](O)[C@@H]1O)C(=O)O. The number of nitrogens with one attached hydrogen (secondary N) is 4. The molecule has 0 spiro atoms. The Morgan fingerprint density at radius 3 is 1.80 bits per heavy atom. The minimum Gasteiger partial charge on any atom is -0.481 e. The van der Waals surface area contributed by atoms with E-state index in [1.165, 1.54) is 0 Å². The Morgan fingerprint density at radius 2 is 1.24 bits per heavy atom. The lowest BCUT2D eigenvalue weighted by atomic mass is 9.33. The number of ketones is 1. The molecule has 4 unspecified atom stereocenters. The van der Waals surface area contributed by atoms with Crippen molar-refractivity contribution in [2.75, 3.05) is 13.1 Å². The van der Waals surface area contributed by atoms with Crippen LogP contribution in [0.25, 0.3) is 0 Å². The topological polar surface area (TPSA) is 383 Å². The molecule has 0 aromatic heterocycles. The van der Waals surface area contributed by atoms with E-state index in [4.69, 9.17) is 18.9 Å². The molecular weight excluding hydrogens is 1080 g/mol. The number of hydrogen-bond donors (Lipinski definition) is 12. The number of amides is 4. The van der Waals surface area contributed by atoms with Gasteiger partial charge in [0.05, 0.1) is 24.6 Å². The van der Waals surface area contributed by atoms with Crippen LogP contribution in [0.15, 0.2) is 11.6 Å². The minimum absolute atomic E-state index is 0.00655. The smallest absolute Gasteiger partial charge is 0.326 e. The van der Waals surface area contributed by atoms with Gasteiger partial charge in [0.25, 0.3) is 11.8 Å². The largest absolute Gasteiger partial charge is 0.481 e. The average Bonchev–Trinajstić information content (AvgIpc) is 0.723. The van der Waals surface area contributed by atoms with Gasteiger partial charge in [0, 0.05) is 5.92 Å². The molecule has 12 N–H and O–H groups in total. The van der Waals surface area contributed by atoms with Crippen LogP contribution in [-0.4, -0.2) is 180 Å². The molecule has 6 fully saturated rings. The zero-order valence-corrected chi connectivity index (χ0v) is 50.1. The number of allylic oxidation sites excluding steroid dienone is 2. The maximum Gasteiger partial charge on any atom is 0.326 e. The first kappa shape index (κ1) is 65.9. The number of carboxylic acid groups (broad SMARTS) is 3. The predicted molar refractivity (Wildman–Crippen MR) is 293 cm³/mol. The second-order valence-corrected chi connectivity index (χ2v) is 28.1. The summed E-state index contributed by atoms with van der Waals surface area (Å²) in [4.78, 5) is 105. The first-order valence-corrected chi connectivity index (χ1v) is 29.5. The van der Waals surface area contributed by atoms with Crippen LogP contribution in [0.3, 0.4) is 0 Å². The molecule has 0 radical (unpaired) electrons. The molecule has 7 rings (SSSR count). The van der Waals surface area contributed by atoms with Crippen LogP contribution in [0.4, 0.5) is 0 Å². The summed E-state index contributed by atoms with van der Waals surface area (Å²) in [6.07, 6.45) is -12.2. The van der Waals surface area contributed by atoms with Crippen molar-refractivity contribution < 1.29 is 98.2 Å². The predicted octanol–water partition coefficient (Wildman–Crippen LogP) is 1.93. The summed E-state index contributed by atoms with van der Waals surface area (Å²) in [5.41, 5.74) is -4.93. The van der Waals surface area contributed by atoms with Crippen LogP contribution >= 0.6 is 0 Å². The van der Waals surface area contributed by atoms with Crippen LogP contribution in [-0.2, 0) is 57.3 Å². The highest BCUT2D eigenvalue weighted by atomic mass is 16.8. The lowest BCUT2D eigenvalue weighted by Crippen LogP contribution is -2.71. The highest BCUT2D eigenvalue weighted by Gasteiger charge is 2.71. The third-order valence-corrected chi connectivity index (χ3v) is 21.3. The van der Waals surface area contributed by atoms with Crippen molar-refractivity contribution in [1.29, 1.82) is 0 Å². The van der Waals surface area contributed by atoms with Gasteiger partial charge in [0.15, 0.2) is 30.1 Å². The third-order valence-electron chi connectivity index (χ3n) is 21.3. The van der Waals surface area contributed by atoms with E-state index >= 15 is 4.79 Å². The summed E-state index contributed by atoms with van der Waals surface area (Å²) >= 11 is 0. The summed E-state index contributed by atoms with van der Waals surface area (Å²) in [7, 11) is 0. The molecule has 468 valence electrons. The van der Waals surface area contributed by atoms with E-state index in [1.807, 2.05) is 26.8 Å². The first-order chi connectivity index (χ1) is 38.3. The lowest BCUT2D eigenvalue weighted by Gasteiger charge is -2.70. The Balaban J connectivity index is 1.16. The summed E-state index contributed by atoms with van der Waals surface area (Å²) in [5.74, 6) is -8.56. The van der Waals surface area contributed by atoms with E-state index in [0.29, 0.717) is 32.1 Å². The van der Waals surface area contributed by atoms with Gasteiger partial charge in [0.1, 0.15) is 48.7 Å². The molecular formula is C59H92N4O20. The molecule has 2 aliphatic heterocycles. The third kappa shape index (κ3) is 12.1. The van der Waals surface area contributed by atoms with Gasteiger partial charge in [-0.05, 0) is 141 Å². The Bertz CT molecular complexity index is 2560. The fourth-order valence-corrected chi connectivity index (χ4v) is 16.0. The number of ether oxygens (including phenoxy) is 4. The number of rotatable bonds is 19. The number of carbonyl (C=O) groups is 8. The van der Waals surface area contributed by atoms with E-state index in [0.717, 1.165) is 31.8 Å². The van der Waals surface area contributed by atoms with Crippen LogP contribution in [0.1, 0.15) is 154 Å². The average molecular weight is 1180 g/mol. The van der Waals surface area contributed by atoms with E-state index < -0.39 is 167 Å². The lowest BCUT2D eigenvalue weighted by molar-refractivity contribution is -0.379.